The number of amides is 1. The molecular formula is C25H32N4O2. The zero-order valence-corrected chi connectivity index (χ0v) is 18.4. The van der Waals surface area contributed by atoms with Gasteiger partial charge in [0, 0.05) is 37.6 Å². The molecule has 2 bridgehead atoms. The van der Waals surface area contributed by atoms with E-state index in [4.69, 9.17) is 15.5 Å². The van der Waals surface area contributed by atoms with Gasteiger partial charge in [-0.3, -0.25) is 9.69 Å². The zero-order chi connectivity index (χ0) is 22.0. The normalized spacial score (nSPS) is 27.1. The number of likely N-dealkylation sites (tertiary alicyclic amines) is 1. The van der Waals surface area contributed by atoms with Crippen molar-refractivity contribution in [1.82, 2.24) is 14.9 Å². The van der Waals surface area contributed by atoms with Crippen LogP contribution in [0.1, 0.15) is 32.0 Å². The summed E-state index contributed by atoms with van der Waals surface area (Å²) in [5.41, 5.74) is 8.60. The number of H-pyrrole nitrogens is 1. The number of nitrogens with two attached hydrogens (primary N) is 1. The molecule has 6 nitrogen and oxygen atoms in total. The molecule has 2 aromatic rings. The van der Waals surface area contributed by atoms with Crippen LogP contribution in [0.15, 0.2) is 60.2 Å². The summed E-state index contributed by atoms with van der Waals surface area (Å²) < 4.78 is 6.29. The maximum atomic E-state index is 11.2. The Morgan fingerprint density at radius 3 is 2.71 bits per heavy atom. The average molecular weight is 421 g/mol. The van der Waals surface area contributed by atoms with Crippen molar-refractivity contribution < 1.29 is 9.53 Å². The van der Waals surface area contributed by atoms with E-state index in [1.54, 1.807) is 6.08 Å². The van der Waals surface area contributed by atoms with Crippen LogP contribution in [0.4, 0.5) is 0 Å². The Bertz CT molecular complexity index is 988. The number of imidazole rings is 1. The average Bonchev–Trinajstić information content (AvgIpc) is 3.15. The van der Waals surface area contributed by atoms with Crippen LogP contribution in [0.5, 0.6) is 0 Å². The van der Waals surface area contributed by atoms with E-state index in [9.17, 15) is 4.79 Å². The third-order valence-electron chi connectivity index (χ3n) is 7.00. The van der Waals surface area contributed by atoms with Crippen LogP contribution in [0, 0.1) is 11.8 Å². The Morgan fingerprint density at radius 1 is 1.35 bits per heavy atom. The number of hydrogen-bond acceptors (Lipinski definition) is 4. The third kappa shape index (κ3) is 4.10. The van der Waals surface area contributed by atoms with Crippen LogP contribution < -0.4 is 5.73 Å². The van der Waals surface area contributed by atoms with Gasteiger partial charge in [-0.1, -0.05) is 43.4 Å². The molecule has 1 amide bonds. The number of carbonyl (C=O) groups excluding carboxylic acids is 1. The van der Waals surface area contributed by atoms with Gasteiger partial charge >= 0.3 is 0 Å². The number of benzene rings is 1. The number of para-hydroxylation sites is 2. The van der Waals surface area contributed by atoms with Gasteiger partial charge in [-0.2, -0.15) is 0 Å². The first-order valence-electron chi connectivity index (χ1n) is 11.0. The first-order chi connectivity index (χ1) is 14.9. The molecule has 3 N–H and O–H groups in total. The highest BCUT2D eigenvalue weighted by Gasteiger charge is 2.52. The second-order valence-corrected chi connectivity index (χ2v) is 8.81. The van der Waals surface area contributed by atoms with Crippen LogP contribution in [-0.2, 0) is 16.1 Å². The summed E-state index contributed by atoms with van der Waals surface area (Å²) in [6.45, 7) is 8.60. The van der Waals surface area contributed by atoms with E-state index in [0.717, 1.165) is 49.3 Å². The van der Waals surface area contributed by atoms with Crippen molar-refractivity contribution in [3.05, 3.63) is 66.0 Å². The molecule has 1 saturated carbocycles. The summed E-state index contributed by atoms with van der Waals surface area (Å²) in [6.07, 6.45) is 9.10. The van der Waals surface area contributed by atoms with Crippen molar-refractivity contribution >= 4 is 16.9 Å². The lowest BCUT2D eigenvalue weighted by atomic mass is 9.62. The molecule has 2 atom stereocenters. The van der Waals surface area contributed by atoms with Gasteiger partial charge < -0.3 is 15.5 Å². The number of ether oxygens (including phenoxy) is 1. The Hall–Kier alpha value is -2.70. The van der Waals surface area contributed by atoms with Crippen LogP contribution in [0.2, 0.25) is 0 Å². The molecule has 1 aliphatic heterocycles. The highest BCUT2D eigenvalue weighted by Crippen LogP contribution is 2.49. The topological polar surface area (TPSA) is 84.2 Å². The van der Waals surface area contributed by atoms with Gasteiger partial charge in [-0.05, 0) is 37.5 Å². The van der Waals surface area contributed by atoms with Crippen LogP contribution in [0.25, 0.3) is 11.0 Å². The number of aromatic nitrogens is 2. The highest BCUT2D eigenvalue weighted by atomic mass is 16.5. The molecule has 2 unspecified atom stereocenters. The van der Waals surface area contributed by atoms with Gasteiger partial charge in [0.25, 0.3) is 0 Å². The smallest absolute Gasteiger partial charge is 0.248 e. The lowest BCUT2D eigenvalue weighted by Gasteiger charge is -2.55. The van der Waals surface area contributed by atoms with Crippen molar-refractivity contribution in [2.45, 2.75) is 38.3 Å². The van der Waals surface area contributed by atoms with Gasteiger partial charge in [0.1, 0.15) is 5.82 Å². The van der Waals surface area contributed by atoms with Gasteiger partial charge in [-0.25, -0.2) is 4.98 Å². The largest absolute Gasteiger partial charge is 0.373 e. The summed E-state index contributed by atoms with van der Waals surface area (Å²) in [6, 6.07) is 8.17. The van der Waals surface area contributed by atoms with Crippen molar-refractivity contribution in [3.63, 3.8) is 0 Å². The minimum atomic E-state index is -0.500. The summed E-state index contributed by atoms with van der Waals surface area (Å²) in [4.78, 5) is 22.0. The van der Waals surface area contributed by atoms with E-state index >= 15 is 0 Å². The molecule has 31 heavy (non-hydrogen) atoms. The Balaban J connectivity index is 1.53. The summed E-state index contributed by atoms with van der Waals surface area (Å²) in [7, 11) is 1.84. The fourth-order valence-electron chi connectivity index (χ4n) is 5.61. The summed E-state index contributed by atoms with van der Waals surface area (Å²) in [5.74, 6) is 1.35. The van der Waals surface area contributed by atoms with E-state index in [1.165, 1.54) is 12.0 Å². The number of piperidine rings is 1. The van der Waals surface area contributed by atoms with E-state index in [-0.39, 0.29) is 5.60 Å². The maximum absolute atomic E-state index is 11.2. The molecule has 2 aliphatic rings. The monoisotopic (exact) mass is 420 g/mol. The minimum Gasteiger partial charge on any atom is -0.373 e. The Kier molecular flexibility index (Phi) is 6.12. The number of hydrogen-bond donors (Lipinski definition) is 2. The summed E-state index contributed by atoms with van der Waals surface area (Å²) >= 11 is 0. The lowest BCUT2D eigenvalue weighted by molar-refractivity contribution is -0.138. The third-order valence-corrected chi connectivity index (χ3v) is 7.00. The maximum Gasteiger partial charge on any atom is 0.248 e. The fraction of sp³-hybridized carbons (Fsp3) is 0.440. The summed E-state index contributed by atoms with van der Waals surface area (Å²) in [5, 5.41) is 0. The molecule has 6 heteroatoms. The van der Waals surface area contributed by atoms with Crippen LogP contribution in [-0.4, -0.2) is 46.6 Å². The molecule has 1 saturated heterocycles. The second-order valence-electron chi connectivity index (χ2n) is 8.81. The molecule has 2 fully saturated rings. The van der Waals surface area contributed by atoms with Crippen LogP contribution >= 0.6 is 0 Å². The number of rotatable bonds is 7. The van der Waals surface area contributed by atoms with Crippen molar-refractivity contribution in [1.29, 1.82) is 0 Å². The van der Waals surface area contributed by atoms with Crippen LogP contribution in [0.3, 0.4) is 0 Å². The molecule has 0 spiro atoms. The number of fused-ring (bicyclic) bond motifs is 3. The minimum absolute atomic E-state index is 0.277. The number of methoxy groups -OCH3 is 1. The molecule has 0 radical (unpaired) electrons. The van der Waals surface area contributed by atoms with Crippen molar-refractivity contribution in [3.8, 4) is 0 Å². The second kappa shape index (κ2) is 8.81. The van der Waals surface area contributed by atoms with Gasteiger partial charge in [0.2, 0.25) is 5.91 Å². The Labute approximate surface area is 183 Å². The quantitative estimate of drug-likeness (QED) is 0.528. The fourth-order valence-corrected chi connectivity index (χ4v) is 5.61. The standard InChI is InChI=1S/C25H32N4O2/c1-17(24(26)30)8-6-9-18(2)25(31-3)19-10-7-11-20(25)15-29(14-19)16-23-27-21-12-4-5-13-22(21)28-23/h4-6,8-9,12-13,19-20H,1,7,10-11,14-16H2,2-3H3,(H2,26,30)(H,27,28)/b8-6-,18-9+. The van der Waals surface area contributed by atoms with Gasteiger partial charge in [0.05, 0.1) is 23.2 Å². The van der Waals surface area contributed by atoms with E-state index < -0.39 is 5.91 Å². The lowest BCUT2D eigenvalue weighted by Crippen LogP contribution is -2.61. The number of primary amides is 1. The Morgan fingerprint density at radius 2 is 2.06 bits per heavy atom. The highest BCUT2D eigenvalue weighted by molar-refractivity contribution is 5.94. The first kappa shape index (κ1) is 21.5. The van der Waals surface area contributed by atoms with Gasteiger partial charge in [0.15, 0.2) is 0 Å². The van der Waals surface area contributed by atoms with E-state index in [0.29, 0.717) is 17.4 Å². The van der Waals surface area contributed by atoms with E-state index in [1.807, 2.05) is 31.4 Å². The first-order valence-corrected chi connectivity index (χ1v) is 11.0. The molecular weight excluding hydrogens is 388 g/mol. The number of allylic oxidation sites excluding steroid dienone is 2. The predicted octanol–water partition coefficient (Wildman–Crippen LogP) is 3.72. The molecule has 164 valence electrons. The number of nitrogens with one attached hydrogen (secondary N) is 1. The SMILES string of the molecule is C=C(/C=C\C=C(/C)C1(OC)C2CCCC1CN(Cc1nc3ccccc3[nH]1)C2)C(N)=O. The molecule has 1 aromatic carbocycles. The predicted molar refractivity (Wildman–Crippen MR) is 123 cm³/mol. The zero-order valence-electron chi connectivity index (χ0n) is 18.4. The van der Waals surface area contributed by atoms with E-state index in [2.05, 4.69) is 35.5 Å². The molecule has 2 heterocycles. The molecule has 1 aliphatic carbocycles. The van der Waals surface area contributed by atoms with Crippen molar-refractivity contribution in [2.75, 3.05) is 20.2 Å². The van der Waals surface area contributed by atoms with Gasteiger partial charge in [-0.15, -0.1) is 0 Å². The molecule has 4 rings (SSSR count). The number of carbonyl (C=O) groups is 1. The number of nitrogens with zero attached hydrogens (tertiary/aromatic N) is 2. The number of aromatic amines is 1. The van der Waals surface area contributed by atoms with Crippen molar-refractivity contribution in [2.24, 2.45) is 17.6 Å². The molecule has 1 aromatic heterocycles.